The van der Waals surface area contributed by atoms with Crippen molar-refractivity contribution in [2.75, 3.05) is 45.2 Å². The summed E-state index contributed by atoms with van der Waals surface area (Å²) in [6.07, 6.45) is 1.96. The van der Waals surface area contributed by atoms with E-state index in [-0.39, 0.29) is 23.5 Å². The van der Waals surface area contributed by atoms with Gasteiger partial charge in [-0.25, -0.2) is 4.98 Å². The maximum Gasteiger partial charge on any atom is 0.240 e. The number of nitrogens with zero attached hydrogens (tertiary/aromatic N) is 4. The Labute approximate surface area is 134 Å². The molecule has 2 amide bonds. The fraction of sp³-hybridized carbons (Fsp3) is 0.533. The van der Waals surface area contributed by atoms with Gasteiger partial charge in [-0.2, -0.15) is 0 Å². The third-order valence-corrected chi connectivity index (χ3v) is 5.38. The number of aromatic nitrogens is 1. The molecule has 7 heteroatoms. The van der Waals surface area contributed by atoms with Gasteiger partial charge in [0, 0.05) is 45.8 Å². The Kier molecular flexibility index (Phi) is 4.35. The van der Waals surface area contributed by atoms with Gasteiger partial charge in [0.1, 0.15) is 5.03 Å². The molecule has 0 N–H and O–H groups in total. The quantitative estimate of drug-likeness (QED) is 0.802. The van der Waals surface area contributed by atoms with Crippen molar-refractivity contribution in [1.29, 1.82) is 0 Å². The molecule has 118 valence electrons. The van der Waals surface area contributed by atoms with E-state index >= 15 is 0 Å². The molecule has 1 aromatic heterocycles. The molecule has 2 aliphatic rings. The van der Waals surface area contributed by atoms with Crippen molar-refractivity contribution in [2.24, 2.45) is 0 Å². The minimum absolute atomic E-state index is 0.0204. The van der Waals surface area contributed by atoms with E-state index in [0.717, 1.165) is 36.9 Å². The number of carbonyl (C=O) groups excluding carboxylic acids is 2. The molecule has 0 aliphatic carbocycles. The summed E-state index contributed by atoms with van der Waals surface area (Å²) < 4.78 is 0. The molecular formula is C15H20N4O2S. The summed E-state index contributed by atoms with van der Waals surface area (Å²) in [6, 6.07) is 3.70. The highest BCUT2D eigenvalue weighted by Gasteiger charge is 2.35. The monoisotopic (exact) mass is 320 g/mol. The van der Waals surface area contributed by atoms with Gasteiger partial charge in [-0.05, 0) is 19.2 Å². The van der Waals surface area contributed by atoms with E-state index in [1.807, 2.05) is 17.0 Å². The van der Waals surface area contributed by atoms with Crippen LogP contribution in [0.25, 0.3) is 0 Å². The minimum atomic E-state index is -0.375. The number of thioether (sulfide) groups is 1. The van der Waals surface area contributed by atoms with E-state index in [1.54, 1.807) is 18.1 Å². The first-order valence-corrected chi connectivity index (χ1v) is 8.30. The number of likely N-dealkylation sites (N-methyl/N-ethyl adjacent to an activating group) is 1. The summed E-state index contributed by atoms with van der Waals surface area (Å²) >= 11 is 1.40. The van der Waals surface area contributed by atoms with Crippen molar-refractivity contribution in [1.82, 2.24) is 14.8 Å². The zero-order valence-corrected chi connectivity index (χ0v) is 13.7. The molecule has 1 unspecified atom stereocenters. The van der Waals surface area contributed by atoms with Crippen LogP contribution in [0.1, 0.15) is 6.42 Å². The Balaban J connectivity index is 1.68. The minimum Gasteiger partial charge on any atom is -0.340 e. The smallest absolute Gasteiger partial charge is 0.240 e. The SMILES string of the molecule is CN1CCN(C(=O)CC2Sc3ncccc3N(C)C2=O)CC1. The van der Waals surface area contributed by atoms with E-state index in [1.165, 1.54) is 11.8 Å². The molecule has 0 radical (unpaired) electrons. The number of rotatable bonds is 2. The maximum atomic E-state index is 12.5. The van der Waals surface area contributed by atoms with Crippen LogP contribution in [0.5, 0.6) is 0 Å². The number of pyridine rings is 1. The lowest BCUT2D eigenvalue weighted by molar-refractivity contribution is -0.134. The molecule has 3 rings (SSSR count). The molecule has 1 atom stereocenters. The lowest BCUT2D eigenvalue weighted by Gasteiger charge is -2.34. The highest BCUT2D eigenvalue weighted by atomic mass is 32.2. The number of hydrogen-bond acceptors (Lipinski definition) is 5. The highest BCUT2D eigenvalue weighted by molar-refractivity contribution is 8.00. The molecule has 1 aromatic rings. The number of fused-ring (bicyclic) bond motifs is 1. The lowest BCUT2D eigenvalue weighted by atomic mass is 10.2. The predicted octanol–water partition coefficient (Wildman–Crippen LogP) is 0.683. The Hall–Kier alpha value is -1.60. The average molecular weight is 320 g/mol. The molecule has 0 aromatic carbocycles. The standard InChI is InChI=1S/C15H20N4O2S/c1-17-6-8-19(9-7-17)13(20)10-12-15(21)18(2)11-4-3-5-16-14(11)22-12/h3-5,12H,6-10H2,1-2H3. The molecule has 3 heterocycles. The zero-order valence-electron chi connectivity index (χ0n) is 12.9. The first-order valence-electron chi connectivity index (χ1n) is 7.42. The van der Waals surface area contributed by atoms with Gasteiger partial charge in [0.2, 0.25) is 11.8 Å². The van der Waals surface area contributed by atoms with Gasteiger partial charge in [-0.1, -0.05) is 11.8 Å². The second kappa shape index (κ2) is 6.26. The van der Waals surface area contributed by atoms with Crippen LogP contribution in [0.3, 0.4) is 0 Å². The van der Waals surface area contributed by atoms with Gasteiger partial charge in [-0.15, -0.1) is 0 Å². The third-order valence-electron chi connectivity index (χ3n) is 4.19. The largest absolute Gasteiger partial charge is 0.340 e. The fourth-order valence-electron chi connectivity index (χ4n) is 2.72. The average Bonchev–Trinajstić information content (AvgIpc) is 2.53. The van der Waals surface area contributed by atoms with Gasteiger partial charge in [0.15, 0.2) is 0 Å². The van der Waals surface area contributed by atoms with Crippen molar-refractivity contribution >= 4 is 29.3 Å². The van der Waals surface area contributed by atoms with Crippen molar-refractivity contribution in [2.45, 2.75) is 16.7 Å². The molecule has 0 bridgehead atoms. The van der Waals surface area contributed by atoms with Crippen LogP contribution in [0.2, 0.25) is 0 Å². The van der Waals surface area contributed by atoms with E-state index in [0.29, 0.717) is 0 Å². The zero-order chi connectivity index (χ0) is 15.7. The van der Waals surface area contributed by atoms with E-state index in [2.05, 4.69) is 16.9 Å². The van der Waals surface area contributed by atoms with Crippen molar-refractivity contribution < 1.29 is 9.59 Å². The van der Waals surface area contributed by atoms with Crippen molar-refractivity contribution in [3.8, 4) is 0 Å². The summed E-state index contributed by atoms with van der Waals surface area (Å²) in [4.78, 5) is 34.9. The second-order valence-electron chi connectivity index (χ2n) is 5.72. The summed E-state index contributed by atoms with van der Waals surface area (Å²) in [5, 5.41) is 0.445. The van der Waals surface area contributed by atoms with Gasteiger partial charge in [0.05, 0.1) is 10.9 Å². The molecule has 1 fully saturated rings. The molecule has 0 saturated carbocycles. The molecule has 2 aliphatic heterocycles. The summed E-state index contributed by atoms with van der Waals surface area (Å²) in [5.74, 6) is 0.0414. The number of carbonyl (C=O) groups is 2. The Morgan fingerprint density at radius 3 is 2.77 bits per heavy atom. The van der Waals surface area contributed by atoms with Gasteiger partial charge >= 0.3 is 0 Å². The Morgan fingerprint density at radius 2 is 2.05 bits per heavy atom. The molecule has 0 spiro atoms. The van der Waals surface area contributed by atoms with Crippen LogP contribution >= 0.6 is 11.8 Å². The van der Waals surface area contributed by atoms with Crippen molar-refractivity contribution in [3.63, 3.8) is 0 Å². The van der Waals surface area contributed by atoms with Crippen molar-refractivity contribution in [3.05, 3.63) is 18.3 Å². The summed E-state index contributed by atoms with van der Waals surface area (Å²) in [7, 11) is 3.80. The normalized spacial score (nSPS) is 22.6. The number of piperazine rings is 1. The van der Waals surface area contributed by atoms with Crippen LogP contribution in [0.4, 0.5) is 5.69 Å². The van der Waals surface area contributed by atoms with Crippen LogP contribution in [-0.4, -0.2) is 72.1 Å². The van der Waals surface area contributed by atoms with Gasteiger partial charge in [-0.3, -0.25) is 9.59 Å². The Bertz CT molecular complexity index is 587. The van der Waals surface area contributed by atoms with E-state index in [4.69, 9.17) is 0 Å². The summed E-state index contributed by atoms with van der Waals surface area (Å²) in [5.41, 5.74) is 0.820. The third kappa shape index (κ3) is 2.96. The topological polar surface area (TPSA) is 56.8 Å². The van der Waals surface area contributed by atoms with Crippen LogP contribution in [0.15, 0.2) is 23.4 Å². The highest BCUT2D eigenvalue weighted by Crippen LogP contribution is 2.38. The number of anilines is 1. The predicted molar refractivity (Wildman–Crippen MR) is 86.0 cm³/mol. The first kappa shape index (κ1) is 15.3. The first-order chi connectivity index (χ1) is 10.6. The van der Waals surface area contributed by atoms with Crippen LogP contribution in [-0.2, 0) is 9.59 Å². The summed E-state index contributed by atoms with van der Waals surface area (Å²) in [6.45, 7) is 3.26. The van der Waals surface area contributed by atoms with Gasteiger partial charge < -0.3 is 14.7 Å². The molecule has 6 nitrogen and oxygen atoms in total. The van der Waals surface area contributed by atoms with E-state index in [9.17, 15) is 9.59 Å². The molecule has 22 heavy (non-hydrogen) atoms. The van der Waals surface area contributed by atoms with Crippen LogP contribution in [0, 0.1) is 0 Å². The van der Waals surface area contributed by atoms with E-state index < -0.39 is 0 Å². The number of amides is 2. The fourth-order valence-corrected chi connectivity index (χ4v) is 3.92. The molecular weight excluding hydrogens is 300 g/mol. The van der Waals surface area contributed by atoms with Gasteiger partial charge in [0.25, 0.3) is 0 Å². The lowest BCUT2D eigenvalue weighted by Crippen LogP contribution is -2.49. The molecule has 1 saturated heterocycles. The Morgan fingerprint density at radius 1 is 1.32 bits per heavy atom. The van der Waals surface area contributed by atoms with Crippen LogP contribution < -0.4 is 4.90 Å². The maximum absolute atomic E-state index is 12.5. The second-order valence-corrected chi connectivity index (χ2v) is 6.91. The number of hydrogen-bond donors (Lipinski definition) is 0.